The molecule has 2 N–H and O–H groups in total. The molecule has 1 rings (SSSR count). The average Bonchev–Trinajstić information content (AvgIpc) is 2.07. The first-order chi connectivity index (χ1) is 6.05. The Bertz CT molecular complexity index is 248. The zero-order chi connectivity index (χ0) is 9.90. The van der Waals surface area contributed by atoms with E-state index in [-0.39, 0.29) is 17.7 Å². The maximum atomic E-state index is 11.3. The molecule has 0 aromatic heterocycles. The third-order valence-electron chi connectivity index (χ3n) is 2.76. The molecular formula is C9H19NO2S. The summed E-state index contributed by atoms with van der Waals surface area (Å²) in [7, 11) is -2.78. The summed E-state index contributed by atoms with van der Waals surface area (Å²) in [4.78, 5) is 0. The second-order valence-corrected chi connectivity index (χ2v) is 6.20. The number of sulfone groups is 1. The lowest BCUT2D eigenvalue weighted by Gasteiger charge is -2.28. The van der Waals surface area contributed by atoms with Gasteiger partial charge in [0.1, 0.15) is 0 Å². The van der Waals surface area contributed by atoms with Gasteiger partial charge in [0.2, 0.25) is 0 Å². The first kappa shape index (κ1) is 11.0. The van der Waals surface area contributed by atoms with Gasteiger partial charge in [-0.3, -0.25) is 0 Å². The fraction of sp³-hybridized carbons (Fsp3) is 1.00. The normalized spacial score (nSPS) is 33.1. The second-order valence-electron chi connectivity index (χ2n) is 3.97. The highest BCUT2D eigenvalue weighted by atomic mass is 32.2. The van der Waals surface area contributed by atoms with Crippen molar-refractivity contribution in [2.45, 2.75) is 38.6 Å². The van der Waals surface area contributed by atoms with Crippen LogP contribution in [0.5, 0.6) is 0 Å². The van der Waals surface area contributed by atoms with Gasteiger partial charge in [-0.05, 0) is 18.8 Å². The molecule has 1 aliphatic rings. The van der Waals surface area contributed by atoms with E-state index in [0.717, 1.165) is 19.3 Å². The molecule has 78 valence electrons. The van der Waals surface area contributed by atoms with E-state index in [0.29, 0.717) is 12.2 Å². The average molecular weight is 205 g/mol. The highest BCUT2D eigenvalue weighted by molar-refractivity contribution is 7.91. The van der Waals surface area contributed by atoms with Gasteiger partial charge in [0.05, 0.1) is 11.5 Å². The van der Waals surface area contributed by atoms with Gasteiger partial charge in [0.25, 0.3) is 0 Å². The van der Waals surface area contributed by atoms with E-state index in [2.05, 4.69) is 6.92 Å². The summed E-state index contributed by atoms with van der Waals surface area (Å²) in [6, 6.07) is 0.107. The molecular weight excluding hydrogens is 186 g/mol. The SMILES string of the molecule is CCCCC1CS(=O)(=O)CCC1N. The molecule has 0 saturated carbocycles. The molecule has 0 amide bonds. The summed E-state index contributed by atoms with van der Waals surface area (Å²) in [5, 5.41) is 0. The van der Waals surface area contributed by atoms with E-state index in [1.54, 1.807) is 0 Å². The van der Waals surface area contributed by atoms with Gasteiger partial charge < -0.3 is 5.73 Å². The molecule has 1 heterocycles. The lowest BCUT2D eigenvalue weighted by atomic mass is 9.94. The van der Waals surface area contributed by atoms with Gasteiger partial charge in [0, 0.05) is 6.04 Å². The molecule has 0 radical (unpaired) electrons. The van der Waals surface area contributed by atoms with E-state index in [1.165, 1.54) is 0 Å². The number of rotatable bonds is 3. The summed E-state index contributed by atoms with van der Waals surface area (Å²) >= 11 is 0. The van der Waals surface area contributed by atoms with Crippen LogP contribution in [-0.4, -0.2) is 26.0 Å². The maximum Gasteiger partial charge on any atom is 0.150 e. The van der Waals surface area contributed by atoms with Crippen LogP contribution < -0.4 is 5.73 Å². The van der Waals surface area contributed by atoms with E-state index >= 15 is 0 Å². The fourth-order valence-electron chi connectivity index (χ4n) is 1.85. The van der Waals surface area contributed by atoms with Gasteiger partial charge in [0.15, 0.2) is 9.84 Å². The van der Waals surface area contributed by atoms with Crippen molar-refractivity contribution >= 4 is 9.84 Å². The van der Waals surface area contributed by atoms with Crippen molar-refractivity contribution in [2.24, 2.45) is 11.7 Å². The monoisotopic (exact) mass is 205 g/mol. The smallest absolute Gasteiger partial charge is 0.150 e. The lowest BCUT2D eigenvalue weighted by molar-refractivity contribution is 0.388. The number of hydrogen-bond donors (Lipinski definition) is 1. The Kier molecular flexibility index (Phi) is 3.74. The van der Waals surface area contributed by atoms with Crippen LogP contribution in [0, 0.1) is 5.92 Å². The molecule has 0 aromatic rings. The fourth-order valence-corrected chi connectivity index (χ4v) is 3.71. The van der Waals surface area contributed by atoms with Crippen LogP contribution >= 0.6 is 0 Å². The molecule has 13 heavy (non-hydrogen) atoms. The second kappa shape index (κ2) is 4.42. The molecule has 3 nitrogen and oxygen atoms in total. The van der Waals surface area contributed by atoms with Crippen molar-refractivity contribution in [3.05, 3.63) is 0 Å². The largest absolute Gasteiger partial charge is 0.327 e. The van der Waals surface area contributed by atoms with Crippen molar-refractivity contribution in [3.8, 4) is 0 Å². The van der Waals surface area contributed by atoms with Crippen molar-refractivity contribution in [3.63, 3.8) is 0 Å². The zero-order valence-electron chi connectivity index (χ0n) is 8.20. The summed E-state index contributed by atoms with van der Waals surface area (Å²) < 4.78 is 22.6. The van der Waals surface area contributed by atoms with Crippen molar-refractivity contribution in [1.29, 1.82) is 0 Å². The molecule has 2 unspecified atom stereocenters. The van der Waals surface area contributed by atoms with E-state index in [4.69, 9.17) is 5.73 Å². The van der Waals surface area contributed by atoms with Crippen LogP contribution in [0.4, 0.5) is 0 Å². The molecule has 0 bridgehead atoms. The van der Waals surface area contributed by atoms with Gasteiger partial charge in [-0.25, -0.2) is 8.42 Å². The van der Waals surface area contributed by atoms with E-state index in [9.17, 15) is 8.42 Å². The summed E-state index contributed by atoms with van der Waals surface area (Å²) in [6.45, 7) is 2.11. The maximum absolute atomic E-state index is 11.3. The molecule has 0 spiro atoms. The summed E-state index contributed by atoms with van der Waals surface area (Å²) in [5.74, 6) is 0.809. The quantitative estimate of drug-likeness (QED) is 0.746. The highest BCUT2D eigenvalue weighted by Gasteiger charge is 2.29. The number of hydrogen-bond acceptors (Lipinski definition) is 3. The Morgan fingerprint density at radius 2 is 2.15 bits per heavy atom. The Morgan fingerprint density at radius 3 is 2.77 bits per heavy atom. The van der Waals surface area contributed by atoms with Crippen molar-refractivity contribution < 1.29 is 8.42 Å². The van der Waals surface area contributed by atoms with Gasteiger partial charge in [-0.1, -0.05) is 19.8 Å². The predicted molar refractivity (Wildman–Crippen MR) is 54.3 cm³/mol. The standard InChI is InChI=1S/C9H19NO2S/c1-2-3-4-8-7-13(11,12)6-5-9(8)10/h8-9H,2-7,10H2,1H3. The first-order valence-electron chi connectivity index (χ1n) is 5.01. The van der Waals surface area contributed by atoms with Crippen LogP contribution in [0.1, 0.15) is 32.6 Å². The Labute approximate surface area is 80.6 Å². The summed E-state index contributed by atoms with van der Waals surface area (Å²) in [5.41, 5.74) is 5.88. The minimum Gasteiger partial charge on any atom is -0.327 e. The third-order valence-corrected chi connectivity index (χ3v) is 4.56. The lowest BCUT2D eigenvalue weighted by Crippen LogP contribution is -2.41. The van der Waals surface area contributed by atoms with Crippen LogP contribution in [0.2, 0.25) is 0 Å². The molecule has 0 aromatic carbocycles. The van der Waals surface area contributed by atoms with Crippen molar-refractivity contribution in [2.75, 3.05) is 11.5 Å². The van der Waals surface area contributed by atoms with E-state index < -0.39 is 9.84 Å². The predicted octanol–water partition coefficient (Wildman–Crippen LogP) is 0.939. The number of nitrogens with two attached hydrogens (primary N) is 1. The van der Waals surface area contributed by atoms with E-state index in [1.807, 2.05) is 0 Å². The van der Waals surface area contributed by atoms with Crippen molar-refractivity contribution in [1.82, 2.24) is 0 Å². The van der Waals surface area contributed by atoms with Gasteiger partial charge >= 0.3 is 0 Å². The van der Waals surface area contributed by atoms with Crippen LogP contribution in [0.15, 0.2) is 0 Å². The molecule has 4 heteroatoms. The Hall–Kier alpha value is -0.0900. The first-order valence-corrected chi connectivity index (χ1v) is 6.83. The molecule has 2 atom stereocenters. The summed E-state index contributed by atoms with van der Waals surface area (Å²) in [6.07, 6.45) is 3.82. The van der Waals surface area contributed by atoms with Crippen LogP contribution in [-0.2, 0) is 9.84 Å². The third kappa shape index (κ3) is 3.27. The van der Waals surface area contributed by atoms with Crippen LogP contribution in [0.3, 0.4) is 0 Å². The minimum absolute atomic E-state index is 0.107. The topological polar surface area (TPSA) is 60.2 Å². The Balaban J connectivity index is 2.50. The molecule has 0 aliphatic carbocycles. The highest BCUT2D eigenvalue weighted by Crippen LogP contribution is 2.22. The van der Waals surface area contributed by atoms with Gasteiger partial charge in [-0.2, -0.15) is 0 Å². The zero-order valence-corrected chi connectivity index (χ0v) is 9.02. The minimum atomic E-state index is -2.78. The Morgan fingerprint density at radius 1 is 1.46 bits per heavy atom. The van der Waals surface area contributed by atoms with Gasteiger partial charge in [-0.15, -0.1) is 0 Å². The van der Waals surface area contributed by atoms with Crippen LogP contribution in [0.25, 0.3) is 0 Å². The molecule has 1 saturated heterocycles. The molecule has 1 aliphatic heterocycles. The molecule has 1 fully saturated rings. The number of unbranched alkanes of at least 4 members (excludes halogenated alkanes) is 1.